The van der Waals surface area contributed by atoms with Gasteiger partial charge in [0.25, 0.3) is 16.7 Å². The molecule has 0 unspecified atom stereocenters. The number of benzene rings is 2. The molecule has 0 fully saturated rings. The summed E-state index contributed by atoms with van der Waals surface area (Å²) in [4.78, 5) is 73.0. The van der Waals surface area contributed by atoms with Gasteiger partial charge in [0.05, 0.1) is 16.4 Å². The third-order valence-corrected chi connectivity index (χ3v) is 7.33. The van der Waals surface area contributed by atoms with Crippen LogP contribution in [0, 0.1) is 0 Å². The number of H-pyrrole nitrogens is 1. The van der Waals surface area contributed by atoms with E-state index in [-0.39, 0.29) is 42.2 Å². The van der Waals surface area contributed by atoms with Gasteiger partial charge in [-0.15, -0.1) is 0 Å². The third-order valence-electron chi connectivity index (χ3n) is 6.57. The summed E-state index contributed by atoms with van der Waals surface area (Å²) in [6.07, 6.45) is 1.34. The number of aliphatic imine (C=N–C) groups is 1. The average Bonchev–Trinajstić information content (AvgIpc) is 3.51. The first-order valence-corrected chi connectivity index (χ1v) is 15.8. The SMILES string of the molecule is CCCn1c(=O)c2[nH]c(-c3ccc(OCC(=O)NCCNC(=O)SNc4cc(N=C=S)cc(C(=O)O)c4)cc3)nc2n(CCC)c1=O. The molecule has 17 heteroatoms. The summed E-state index contributed by atoms with van der Waals surface area (Å²) >= 11 is 5.25. The minimum Gasteiger partial charge on any atom is -0.484 e. The van der Waals surface area contributed by atoms with Crippen molar-refractivity contribution in [2.24, 2.45) is 4.99 Å². The highest BCUT2D eigenvalue weighted by Gasteiger charge is 2.17. The van der Waals surface area contributed by atoms with Crippen LogP contribution in [-0.4, -0.2) is 66.2 Å². The maximum absolute atomic E-state index is 13.0. The van der Waals surface area contributed by atoms with E-state index in [0.29, 0.717) is 66.4 Å². The molecule has 0 atom stereocenters. The van der Waals surface area contributed by atoms with E-state index in [1.165, 1.54) is 27.3 Å². The summed E-state index contributed by atoms with van der Waals surface area (Å²) in [5.74, 6) is -0.714. The number of carboxylic acid groups (broad SMARTS) is 1. The fraction of sp³-hybridized carbons (Fsp3) is 0.300. The molecule has 246 valence electrons. The summed E-state index contributed by atoms with van der Waals surface area (Å²) < 4.78 is 11.1. The first-order chi connectivity index (χ1) is 22.6. The van der Waals surface area contributed by atoms with Crippen molar-refractivity contribution in [1.82, 2.24) is 29.7 Å². The van der Waals surface area contributed by atoms with E-state index < -0.39 is 22.7 Å². The van der Waals surface area contributed by atoms with Crippen molar-refractivity contribution in [1.29, 1.82) is 0 Å². The van der Waals surface area contributed by atoms with Gasteiger partial charge in [-0.1, -0.05) is 13.8 Å². The number of carboxylic acids is 1. The van der Waals surface area contributed by atoms with Crippen molar-refractivity contribution in [3.05, 3.63) is 68.9 Å². The lowest BCUT2D eigenvalue weighted by molar-refractivity contribution is -0.123. The Morgan fingerprint density at radius 2 is 1.74 bits per heavy atom. The number of aromatic nitrogens is 4. The maximum atomic E-state index is 13.0. The van der Waals surface area contributed by atoms with Crippen molar-refractivity contribution in [2.45, 2.75) is 39.8 Å². The Kier molecular flexibility index (Phi) is 12.0. The molecule has 2 aromatic carbocycles. The van der Waals surface area contributed by atoms with Crippen molar-refractivity contribution >= 4 is 69.0 Å². The molecule has 47 heavy (non-hydrogen) atoms. The molecule has 0 aliphatic rings. The van der Waals surface area contributed by atoms with Gasteiger partial charge in [0, 0.05) is 49.4 Å². The Morgan fingerprint density at radius 3 is 2.43 bits per heavy atom. The Hall–Kier alpha value is -5.25. The molecular weight excluding hydrogens is 649 g/mol. The van der Waals surface area contributed by atoms with E-state index in [1.807, 2.05) is 13.8 Å². The standard InChI is InChI=1S/C30H32N8O7S2/c1-3-11-37-26-24(27(40)38(12-4-2)30(37)44)34-25(35-26)18-5-7-22(8-6-18)45-16-23(39)31-9-10-32-29(43)47-36-21-14-19(28(41)42)13-20(15-21)33-17-46/h5-8,13-15,36H,3-4,9-12,16H2,1-2H3,(H,31,39)(H,32,43)(H,34,35)(H,41,42). The molecule has 0 bridgehead atoms. The third kappa shape index (κ3) is 8.94. The lowest BCUT2D eigenvalue weighted by atomic mass is 10.2. The summed E-state index contributed by atoms with van der Waals surface area (Å²) in [6.45, 7) is 4.61. The molecule has 4 aromatic rings. The minimum atomic E-state index is -1.16. The van der Waals surface area contributed by atoms with Crippen molar-refractivity contribution in [3.63, 3.8) is 0 Å². The van der Waals surface area contributed by atoms with Gasteiger partial charge >= 0.3 is 11.7 Å². The molecule has 4 rings (SSSR count). The molecular formula is C30H32N8O7S2. The van der Waals surface area contributed by atoms with Gasteiger partial charge < -0.3 is 30.2 Å². The Labute approximate surface area is 277 Å². The van der Waals surface area contributed by atoms with Crippen LogP contribution in [0.2, 0.25) is 0 Å². The summed E-state index contributed by atoms with van der Waals surface area (Å²) in [5.41, 5.74) is 1.02. The van der Waals surface area contributed by atoms with Crippen LogP contribution >= 0.6 is 24.2 Å². The smallest absolute Gasteiger partial charge is 0.335 e. The van der Waals surface area contributed by atoms with E-state index >= 15 is 0 Å². The van der Waals surface area contributed by atoms with Gasteiger partial charge in [-0.3, -0.25) is 23.5 Å². The first kappa shape index (κ1) is 34.6. The van der Waals surface area contributed by atoms with E-state index in [2.05, 4.69) is 47.7 Å². The normalized spacial score (nSPS) is 10.7. The number of ether oxygens (including phenoxy) is 1. The average molecular weight is 681 g/mol. The minimum absolute atomic E-state index is 0.0361. The van der Waals surface area contributed by atoms with Crippen LogP contribution in [0.4, 0.5) is 16.2 Å². The maximum Gasteiger partial charge on any atom is 0.335 e. The molecule has 0 aliphatic carbocycles. The zero-order valence-corrected chi connectivity index (χ0v) is 27.1. The number of rotatable bonds is 15. The highest BCUT2D eigenvalue weighted by molar-refractivity contribution is 8.14. The van der Waals surface area contributed by atoms with Gasteiger partial charge in [0.15, 0.2) is 12.3 Å². The van der Waals surface area contributed by atoms with Gasteiger partial charge in [0.1, 0.15) is 17.1 Å². The van der Waals surface area contributed by atoms with Crippen LogP contribution in [0.25, 0.3) is 22.6 Å². The number of hydrogen-bond acceptors (Lipinski definition) is 11. The number of aryl methyl sites for hydroxylation is 1. The number of nitrogens with one attached hydrogen (secondary N) is 4. The van der Waals surface area contributed by atoms with Crippen LogP contribution in [0.15, 0.2) is 57.0 Å². The molecule has 0 saturated carbocycles. The number of anilines is 1. The summed E-state index contributed by atoms with van der Waals surface area (Å²) in [7, 11) is 0. The van der Waals surface area contributed by atoms with E-state index in [1.54, 1.807) is 24.3 Å². The highest BCUT2D eigenvalue weighted by Crippen LogP contribution is 2.24. The number of carbonyl (C=O) groups excluding carboxylic acids is 2. The van der Waals surface area contributed by atoms with E-state index in [9.17, 15) is 29.1 Å². The number of imidazole rings is 1. The second kappa shape index (κ2) is 16.4. The van der Waals surface area contributed by atoms with Gasteiger partial charge in [-0.05, 0) is 67.5 Å². The number of fused-ring (bicyclic) bond motifs is 1. The quantitative estimate of drug-likeness (QED) is 0.0530. The predicted octanol–water partition coefficient (Wildman–Crippen LogP) is 3.77. The monoisotopic (exact) mass is 680 g/mol. The molecule has 2 aromatic heterocycles. The molecule has 5 N–H and O–H groups in total. The Balaban J connectivity index is 1.25. The topological polar surface area (TPSA) is 202 Å². The highest BCUT2D eigenvalue weighted by atomic mass is 32.2. The fourth-order valence-corrected chi connectivity index (χ4v) is 5.08. The van der Waals surface area contributed by atoms with Crippen LogP contribution < -0.4 is 31.3 Å². The number of carbonyl (C=O) groups is 3. The lowest BCUT2D eigenvalue weighted by Crippen LogP contribution is -2.40. The number of nitrogens with zero attached hydrogens (tertiary/aromatic N) is 4. The first-order valence-electron chi connectivity index (χ1n) is 14.5. The van der Waals surface area contributed by atoms with Gasteiger partial charge in [-0.25, -0.2) is 14.6 Å². The van der Waals surface area contributed by atoms with Crippen molar-refractivity contribution in [2.75, 3.05) is 24.4 Å². The van der Waals surface area contributed by atoms with E-state index in [4.69, 9.17) is 4.74 Å². The van der Waals surface area contributed by atoms with Crippen LogP contribution in [0.3, 0.4) is 0 Å². The molecule has 0 aliphatic heterocycles. The number of hydrogen-bond donors (Lipinski definition) is 5. The fourth-order valence-electron chi connectivity index (χ4n) is 4.48. The molecule has 0 radical (unpaired) electrons. The second-order valence-electron chi connectivity index (χ2n) is 10.0. The number of thiocarbonyl (C=S) groups is 1. The molecule has 0 spiro atoms. The zero-order valence-electron chi connectivity index (χ0n) is 25.5. The second-order valence-corrected chi connectivity index (χ2v) is 11.0. The van der Waals surface area contributed by atoms with Crippen LogP contribution in [0.1, 0.15) is 37.0 Å². The summed E-state index contributed by atoms with van der Waals surface area (Å²) in [5, 5.41) is 16.2. The van der Waals surface area contributed by atoms with Crippen LogP contribution in [0.5, 0.6) is 5.75 Å². The predicted molar refractivity (Wildman–Crippen MR) is 182 cm³/mol. The zero-order chi connectivity index (χ0) is 33.9. The molecule has 2 heterocycles. The van der Waals surface area contributed by atoms with E-state index in [0.717, 1.165) is 0 Å². The number of aromatic amines is 1. The number of isothiocyanates is 1. The number of aromatic carboxylic acids is 1. The van der Waals surface area contributed by atoms with Crippen molar-refractivity contribution in [3.8, 4) is 17.1 Å². The number of amides is 2. The van der Waals surface area contributed by atoms with Crippen LogP contribution in [-0.2, 0) is 17.9 Å². The van der Waals surface area contributed by atoms with Gasteiger partial charge in [-0.2, -0.15) is 4.99 Å². The largest absolute Gasteiger partial charge is 0.484 e. The Morgan fingerprint density at radius 1 is 1.04 bits per heavy atom. The molecule has 2 amide bonds. The molecule has 15 nitrogen and oxygen atoms in total. The lowest BCUT2D eigenvalue weighted by Gasteiger charge is -2.10. The Bertz CT molecular complexity index is 1930. The van der Waals surface area contributed by atoms with Gasteiger partial charge in [0.2, 0.25) is 0 Å². The summed E-state index contributed by atoms with van der Waals surface area (Å²) in [6, 6.07) is 10.9. The molecule has 0 saturated heterocycles. The van der Waals surface area contributed by atoms with Crippen molar-refractivity contribution < 1.29 is 24.2 Å².